The van der Waals surface area contributed by atoms with Crippen LogP contribution in [0.15, 0.2) is 59.1 Å². The number of carbonyl (C=O) groups excluding carboxylic acids is 3. The van der Waals surface area contributed by atoms with Gasteiger partial charge in [0, 0.05) is 36.2 Å². The van der Waals surface area contributed by atoms with E-state index in [9.17, 15) is 14.4 Å². The zero-order valence-electron chi connectivity index (χ0n) is 15.3. The van der Waals surface area contributed by atoms with E-state index in [0.29, 0.717) is 37.4 Å². The van der Waals surface area contributed by atoms with Gasteiger partial charge in [-0.1, -0.05) is 40.2 Å². The molecular weight excluding hydrogens is 422 g/mol. The van der Waals surface area contributed by atoms with Crippen LogP contribution in [0, 0.1) is 0 Å². The van der Waals surface area contributed by atoms with Crippen LogP contribution in [-0.2, 0) is 9.59 Å². The SMILES string of the molecule is O=C(c1ccccc1)N1CCN([C@H]2CC(=O)N(c3cccc(Br)c3)C2=O)CC1. The van der Waals surface area contributed by atoms with Gasteiger partial charge in [0.05, 0.1) is 18.2 Å². The summed E-state index contributed by atoms with van der Waals surface area (Å²) < 4.78 is 0.821. The van der Waals surface area contributed by atoms with Gasteiger partial charge >= 0.3 is 0 Å². The Labute approximate surface area is 171 Å². The van der Waals surface area contributed by atoms with Crippen molar-refractivity contribution in [3.05, 3.63) is 64.6 Å². The van der Waals surface area contributed by atoms with Crippen molar-refractivity contribution in [3.8, 4) is 0 Å². The number of rotatable bonds is 3. The lowest BCUT2D eigenvalue weighted by molar-refractivity contribution is -0.123. The third-order valence-corrected chi connectivity index (χ3v) is 5.75. The first-order valence-corrected chi connectivity index (χ1v) is 10.0. The predicted molar refractivity (Wildman–Crippen MR) is 109 cm³/mol. The number of nitrogens with zero attached hydrogens (tertiary/aromatic N) is 3. The van der Waals surface area contributed by atoms with Crippen LogP contribution < -0.4 is 4.90 Å². The van der Waals surface area contributed by atoms with Crippen LogP contribution in [0.2, 0.25) is 0 Å². The van der Waals surface area contributed by atoms with E-state index in [-0.39, 0.29) is 24.1 Å². The minimum atomic E-state index is -0.458. The Hall–Kier alpha value is -2.51. The van der Waals surface area contributed by atoms with Gasteiger partial charge in [0.25, 0.3) is 11.8 Å². The number of hydrogen-bond donors (Lipinski definition) is 0. The van der Waals surface area contributed by atoms with Crippen LogP contribution in [0.5, 0.6) is 0 Å². The second-order valence-corrected chi connectivity index (χ2v) is 7.88. The second kappa shape index (κ2) is 7.85. The van der Waals surface area contributed by atoms with E-state index in [0.717, 1.165) is 4.47 Å². The number of halogens is 1. The summed E-state index contributed by atoms with van der Waals surface area (Å²) in [4.78, 5) is 43.1. The summed E-state index contributed by atoms with van der Waals surface area (Å²) in [6.07, 6.45) is 0.179. The molecule has 3 amide bonds. The van der Waals surface area contributed by atoms with Gasteiger partial charge in [0.1, 0.15) is 0 Å². The molecule has 0 N–H and O–H groups in total. The van der Waals surface area contributed by atoms with Crippen molar-refractivity contribution in [2.75, 3.05) is 31.1 Å². The van der Waals surface area contributed by atoms with Gasteiger partial charge in [-0.3, -0.25) is 19.3 Å². The van der Waals surface area contributed by atoms with Crippen molar-refractivity contribution >= 4 is 39.3 Å². The fourth-order valence-corrected chi connectivity index (χ4v) is 4.17. The fraction of sp³-hybridized carbons (Fsp3) is 0.286. The Kier molecular flexibility index (Phi) is 5.28. The summed E-state index contributed by atoms with van der Waals surface area (Å²) in [7, 11) is 0. The Morgan fingerprint density at radius 2 is 1.64 bits per heavy atom. The maximum absolute atomic E-state index is 12.9. The van der Waals surface area contributed by atoms with E-state index in [1.807, 2.05) is 41.3 Å². The van der Waals surface area contributed by atoms with Crippen LogP contribution in [0.4, 0.5) is 5.69 Å². The van der Waals surface area contributed by atoms with Crippen LogP contribution in [-0.4, -0.2) is 59.7 Å². The molecule has 2 aromatic rings. The lowest BCUT2D eigenvalue weighted by Gasteiger charge is -2.37. The molecular formula is C21H20BrN3O3. The van der Waals surface area contributed by atoms with Crippen LogP contribution in [0.3, 0.4) is 0 Å². The second-order valence-electron chi connectivity index (χ2n) is 6.96. The van der Waals surface area contributed by atoms with Gasteiger partial charge in [0.15, 0.2) is 0 Å². The maximum atomic E-state index is 12.9. The van der Waals surface area contributed by atoms with Gasteiger partial charge in [-0.05, 0) is 30.3 Å². The smallest absolute Gasteiger partial charge is 0.253 e. The topological polar surface area (TPSA) is 60.9 Å². The molecule has 0 unspecified atom stereocenters. The van der Waals surface area contributed by atoms with Crippen LogP contribution >= 0.6 is 15.9 Å². The van der Waals surface area contributed by atoms with E-state index in [4.69, 9.17) is 0 Å². The van der Waals surface area contributed by atoms with E-state index in [1.165, 1.54) is 4.90 Å². The molecule has 2 aliphatic rings. The molecule has 2 fully saturated rings. The Bertz CT molecular complexity index is 910. The van der Waals surface area contributed by atoms with Gasteiger partial charge in [-0.15, -0.1) is 0 Å². The third kappa shape index (κ3) is 3.59. The quantitative estimate of drug-likeness (QED) is 0.686. The number of carbonyl (C=O) groups is 3. The summed E-state index contributed by atoms with van der Waals surface area (Å²) in [5.41, 5.74) is 1.26. The van der Waals surface area contributed by atoms with Crippen LogP contribution in [0.25, 0.3) is 0 Å². The molecule has 7 heteroatoms. The third-order valence-electron chi connectivity index (χ3n) is 5.25. The highest BCUT2D eigenvalue weighted by Gasteiger charge is 2.43. The zero-order valence-corrected chi connectivity index (χ0v) is 16.8. The monoisotopic (exact) mass is 441 g/mol. The van der Waals surface area contributed by atoms with Crippen molar-refractivity contribution in [2.24, 2.45) is 0 Å². The first-order valence-electron chi connectivity index (χ1n) is 9.25. The Balaban J connectivity index is 1.42. The molecule has 1 atom stereocenters. The molecule has 2 aliphatic heterocycles. The number of benzene rings is 2. The van der Waals surface area contributed by atoms with Gasteiger partial charge < -0.3 is 4.90 Å². The van der Waals surface area contributed by atoms with Crippen molar-refractivity contribution < 1.29 is 14.4 Å². The van der Waals surface area contributed by atoms with E-state index >= 15 is 0 Å². The molecule has 0 bridgehead atoms. The molecule has 0 saturated carbocycles. The fourth-order valence-electron chi connectivity index (χ4n) is 3.79. The Morgan fingerprint density at radius 3 is 2.32 bits per heavy atom. The van der Waals surface area contributed by atoms with Crippen molar-refractivity contribution in [1.82, 2.24) is 9.80 Å². The number of hydrogen-bond acceptors (Lipinski definition) is 4. The maximum Gasteiger partial charge on any atom is 0.253 e. The highest BCUT2D eigenvalue weighted by Crippen LogP contribution is 2.28. The average molecular weight is 442 g/mol. The number of piperazine rings is 1. The van der Waals surface area contributed by atoms with Gasteiger partial charge in [-0.2, -0.15) is 0 Å². The molecule has 0 aromatic heterocycles. The molecule has 2 aromatic carbocycles. The molecule has 0 aliphatic carbocycles. The lowest BCUT2D eigenvalue weighted by Crippen LogP contribution is -2.53. The largest absolute Gasteiger partial charge is 0.336 e. The number of anilines is 1. The molecule has 144 valence electrons. The predicted octanol–water partition coefficient (Wildman–Crippen LogP) is 2.54. The van der Waals surface area contributed by atoms with Crippen molar-refractivity contribution in [3.63, 3.8) is 0 Å². The van der Waals surface area contributed by atoms with Crippen molar-refractivity contribution in [2.45, 2.75) is 12.5 Å². The zero-order chi connectivity index (χ0) is 19.7. The minimum absolute atomic E-state index is 0.00448. The number of imide groups is 1. The summed E-state index contributed by atoms with van der Waals surface area (Å²) in [5, 5.41) is 0. The van der Waals surface area contributed by atoms with Gasteiger partial charge in [0.2, 0.25) is 5.91 Å². The van der Waals surface area contributed by atoms with Crippen LogP contribution in [0.1, 0.15) is 16.8 Å². The first-order chi connectivity index (χ1) is 13.5. The van der Waals surface area contributed by atoms with E-state index < -0.39 is 6.04 Å². The number of amides is 3. The van der Waals surface area contributed by atoms with Crippen molar-refractivity contribution in [1.29, 1.82) is 0 Å². The summed E-state index contributed by atoms with van der Waals surface area (Å²) >= 11 is 3.38. The highest BCUT2D eigenvalue weighted by atomic mass is 79.9. The normalized spacial score (nSPS) is 20.7. The Morgan fingerprint density at radius 1 is 0.929 bits per heavy atom. The summed E-state index contributed by atoms with van der Waals surface area (Å²) in [5.74, 6) is -0.369. The van der Waals surface area contributed by atoms with E-state index in [1.54, 1.807) is 23.1 Å². The first kappa shape index (κ1) is 18.8. The molecule has 4 rings (SSSR count). The minimum Gasteiger partial charge on any atom is -0.336 e. The standard InChI is InChI=1S/C21H20BrN3O3/c22-16-7-4-8-17(13-16)25-19(26)14-18(21(25)28)23-9-11-24(12-10-23)20(27)15-5-2-1-3-6-15/h1-8,13,18H,9-12,14H2/t18-/m0/s1. The molecule has 28 heavy (non-hydrogen) atoms. The van der Waals surface area contributed by atoms with Gasteiger partial charge in [-0.25, -0.2) is 4.90 Å². The summed E-state index contributed by atoms with van der Waals surface area (Å²) in [6, 6.07) is 15.9. The molecule has 0 radical (unpaired) electrons. The van der Waals surface area contributed by atoms with E-state index in [2.05, 4.69) is 15.9 Å². The summed E-state index contributed by atoms with van der Waals surface area (Å²) in [6.45, 7) is 2.24. The molecule has 2 heterocycles. The average Bonchev–Trinajstić information content (AvgIpc) is 3.02. The molecule has 6 nitrogen and oxygen atoms in total. The lowest BCUT2D eigenvalue weighted by atomic mass is 10.1. The highest BCUT2D eigenvalue weighted by molar-refractivity contribution is 9.10. The molecule has 2 saturated heterocycles. The molecule has 0 spiro atoms.